The van der Waals surface area contributed by atoms with Gasteiger partial charge in [0.15, 0.2) is 0 Å². The van der Waals surface area contributed by atoms with Gasteiger partial charge in [-0.15, -0.1) is 0 Å². The SMILES string of the molecule is COC(=O)C1CN(Cc2ccc(/C(N)=C(\CO)N(C)N)nc2C)CC(F)(F)C1. The van der Waals surface area contributed by atoms with Crippen molar-refractivity contribution < 1.29 is 23.4 Å². The summed E-state index contributed by atoms with van der Waals surface area (Å²) < 4.78 is 32.7. The zero-order valence-corrected chi connectivity index (χ0v) is 16.3. The van der Waals surface area contributed by atoms with Gasteiger partial charge in [-0.3, -0.25) is 14.7 Å². The average Bonchev–Trinajstić information content (AvgIpc) is 2.61. The van der Waals surface area contributed by atoms with Crippen molar-refractivity contribution in [3.63, 3.8) is 0 Å². The van der Waals surface area contributed by atoms with E-state index in [0.717, 1.165) is 5.56 Å². The molecule has 1 fully saturated rings. The van der Waals surface area contributed by atoms with Crippen LogP contribution in [0.3, 0.4) is 0 Å². The summed E-state index contributed by atoms with van der Waals surface area (Å²) in [6.07, 6.45) is -0.510. The molecule has 2 heterocycles. The molecule has 0 bridgehead atoms. The number of hydrogen-bond donors (Lipinski definition) is 3. The smallest absolute Gasteiger partial charge is 0.310 e. The van der Waals surface area contributed by atoms with E-state index in [9.17, 15) is 18.7 Å². The fourth-order valence-corrected chi connectivity index (χ4v) is 3.32. The Kier molecular flexibility index (Phi) is 6.91. The van der Waals surface area contributed by atoms with E-state index in [2.05, 4.69) is 9.72 Å². The molecule has 1 aliphatic heterocycles. The van der Waals surface area contributed by atoms with Crippen LogP contribution in [0.25, 0.3) is 5.70 Å². The van der Waals surface area contributed by atoms with Gasteiger partial charge in [0.1, 0.15) is 0 Å². The number of ether oxygens (including phenoxy) is 1. The van der Waals surface area contributed by atoms with Gasteiger partial charge < -0.3 is 20.6 Å². The number of nitrogens with zero attached hydrogens (tertiary/aromatic N) is 3. The van der Waals surface area contributed by atoms with Crippen molar-refractivity contribution in [2.45, 2.75) is 25.8 Å². The molecular formula is C18H27F2N5O3. The highest BCUT2D eigenvalue weighted by Gasteiger charge is 2.43. The maximum Gasteiger partial charge on any atom is 0.310 e. The van der Waals surface area contributed by atoms with Crippen LogP contribution in [0.1, 0.15) is 23.4 Å². The summed E-state index contributed by atoms with van der Waals surface area (Å²) >= 11 is 0. The molecule has 0 saturated carbocycles. The number of pyridine rings is 1. The Morgan fingerprint density at radius 3 is 2.71 bits per heavy atom. The van der Waals surface area contributed by atoms with Crippen molar-refractivity contribution in [2.75, 3.05) is 33.9 Å². The molecule has 8 nitrogen and oxygen atoms in total. The van der Waals surface area contributed by atoms with Crippen molar-refractivity contribution in [3.8, 4) is 0 Å². The summed E-state index contributed by atoms with van der Waals surface area (Å²) in [6, 6.07) is 3.40. The molecule has 0 amide bonds. The number of aryl methyl sites for hydroxylation is 1. The largest absolute Gasteiger partial charge is 0.469 e. The van der Waals surface area contributed by atoms with Gasteiger partial charge in [0, 0.05) is 32.3 Å². The number of esters is 1. The summed E-state index contributed by atoms with van der Waals surface area (Å²) in [4.78, 5) is 17.7. The molecule has 1 atom stereocenters. The second kappa shape index (κ2) is 8.80. The number of carbonyl (C=O) groups is 1. The summed E-state index contributed by atoms with van der Waals surface area (Å²) in [7, 11) is 2.75. The molecule has 1 aromatic rings. The first-order valence-electron chi connectivity index (χ1n) is 8.80. The van der Waals surface area contributed by atoms with E-state index in [0.29, 0.717) is 17.1 Å². The van der Waals surface area contributed by atoms with Crippen LogP contribution in [0.5, 0.6) is 0 Å². The van der Waals surface area contributed by atoms with Crippen LogP contribution < -0.4 is 11.6 Å². The summed E-state index contributed by atoms with van der Waals surface area (Å²) in [5, 5.41) is 10.6. The van der Waals surface area contributed by atoms with E-state index in [1.165, 1.54) is 17.0 Å². The quantitative estimate of drug-likeness (QED) is 0.358. The number of likely N-dealkylation sites (N-methyl/N-ethyl adjacent to an activating group) is 1. The lowest BCUT2D eigenvalue weighted by molar-refractivity contribution is -0.157. The number of methoxy groups -OCH3 is 1. The molecule has 5 N–H and O–H groups in total. The Labute approximate surface area is 162 Å². The zero-order chi connectivity index (χ0) is 21.1. The topological polar surface area (TPSA) is 118 Å². The highest BCUT2D eigenvalue weighted by Crippen LogP contribution is 2.32. The number of alkyl halides is 2. The van der Waals surface area contributed by atoms with Gasteiger partial charge in [-0.2, -0.15) is 0 Å². The Hall–Kier alpha value is -2.30. The van der Waals surface area contributed by atoms with Gasteiger partial charge >= 0.3 is 5.97 Å². The van der Waals surface area contributed by atoms with Crippen LogP contribution in [0.4, 0.5) is 8.78 Å². The minimum atomic E-state index is -2.96. The Balaban J connectivity index is 2.22. The number of likely N-dealkylation sites (tertiary alicyclic amines) is 1. The molecule has 0 spiro atoms. The molecule has 0 radical (unpaired) electrons. The van der Waals surface area contributed by atoms with Crippen molar-refractivity contribution in [1.82, 2.24) is 14.9 Å². The molecule has 2 rings (SSSR count). The van der Waals surface area contributed by atoms with Crippen LogP contribution in [0.2, 0.25) is 0 Å². The first-order chi connectivity index (χ1) is 13.1. The monoisotopic (exact) mass is 399 g/mol. The van der Waals surface area contributed by atoms with Gasteiger partial charge in [-0.05, 0) is 18.6 Å². The van der Waals surface area contributed by atoms with Crippen molar-refractivity contribution >= 4 is 11.7 Å². The lowest BCUT2D eigenvalue weighted by Gasteiger charge is -2.36. The number of piperidine rings is 1. The van der Waals surface area contributed by atoms with Crippen LogP contribution in [-0.2, 0) is 16.1 Å². The highest BCUT2D eigenvalue weighted by atomic mass is 19.3. The number of aromatic nitrogens is 1. The number of hydrazine groups is 1. The van der Waals surface area contributed by atoms with Gasteiger partial charge in [0.25, 0.3) is 5.92 Å². The Morgan fingerprint density at radius 2 is 2.18 bits per heavy atom. The fraction of sp³-hybridized carbons (Fsp3) is 0.556. The van der Waals surface area contributed by atoms with Crippen LogP contribution in [0, 0.1) is 12.8 Å². The Morgan fingerprint density at radius 1 is 1.50 bits per heavy atom. The molecule has 0 aliphatic carbocycles. The van der Waals surface area contributed by atoms with Gasteiger partial charge in [0.05, 0.1) is 43.3 Å². The fourth-order valence-electron chi connectivity index (χ4n) is 3.32. The second-order valence-corrected chi connectivity index (χ2v) is 7.02. The molecule has 1 aromatic heterocycles. The lowest BCUT2D eigenvalue weighted by atomic mass is 9.94. The third-order valence-electron chi connectivity index (χ3n) is 4.76. The Bertz CT molecular complexity index is 755. The minimum Gasteiger partial charge on any atom is -0.469 e. The number of carbonyl (C=O) groups excluding carboxylic acids is 1. The van der Waals surface area contributed by atoms with E-state index < -0.39 is 30.8 Å². The van der Waals surface area contributed by atoms with E-state index in [4.69, 9.17) is 11.6 Å². The second-order valence-electron chi connectivity index (χ2n) is 7.02. The van der Waals surface area contributed by atoms with Crippen molar-refractivity contribution in [3.05, 3.63) is 34.8 Å². The summed E-state index contributed by atoms with van der Waals surface area (Å²) in [6.45, 7) is 1.37. The van der Waals surface area contributed by atoms with Gasteiger partial charge in [-0.1, -0.05) is 6.07 Å². The van der Waals surface area contributed by atoms with Crippen molar-refractivity contribution in [1.29, 1.82) is 0 Å². The maximum absolute atomic E-state index is 14.1. The average molecular weight is 399 g/mol. The van der Waals surface area contributed by atoms with Crippen LogP contribution in [0.15, 0.2) is 17.8 Å². The van der Waals surface area contributed by atoms with Gasteiger partial charge in [0.2, 0.25) is 0 Å². The van der Waals surface area contributed by atoms with Crippen LogP contribution in [-0.4, -0.2) is 65.7 Å². The van der Waals surface area contributed by atoms with Crippen molar-refractivity contribution in [2.24, 2.45) is 17.5 Å². The lowest BCUT2D eigenvalue weighted by Crippen LogP contribution is -2.49. The first kappa shape index (κ1) is 22.0. The molecule has 1 aliphatic rings. The molecule has 28 heavy (non-hydrogen) atoms. The summed E-state index contributed by atoms with van der Waals surface area (Å²) in [5.74, 6) is 1.18. The summed E-state index contributed by atoms with van der Waals surface area (Å²) in [5.41, 5.74) is 8.36. The molecular weight excluding hydrogens is 372 g/mol. The normalized spacial score (nSPS) is 20.5. The molecule has 1 saturated heterocycles. The third-order valence-corrected chi connectivity index (χ3v) is 4.76. The predicted molar refractivity (Wildman–Crippen MR) is 99.5 cm³/mol. The highest BCUT2D eigenvalue weighted by molar-refractivity contribution is 5.72. The third kappa shape index (κ3) is 5.15. The number of hydrogen-bond acceptors (Lipinski definition) is 8. The number of halogens is 2. The molecule has 1 unspecified atom stereocenters. The number of aliphatic hydroxyl groups excluding tert-OH is 1. The molecule has 10 heteroatoms. The van der Waals surface area contributed by atoms with E-state index in [1.807, 2.05) is 0 Å². The van der Waals surface area contributed by atoms with Gasteiger partial charge in [-0.25, -0.2) is 14.6 Å². The van der Waals surface area contributed by atoms with E-state index >= 15 is 0 Å². The zero-order valence-electron chi connectivity index (χ0n) is 16.3. The molecule has 156 valence electrons. The molecule has 0 aromatic carbocycles. The number of nitrogens with two attached hydrogens (primary N) is 2. The number of aliphatic hydroxyl groups is 1. The standard InChI is InChI=1S/C18H27F2N5O3/c1-11-12(4-5-14(23-11)16(21)15(9-26)24(2)22)7-25-8-13(17(27)28-3)6-18(19,20)10-25/h4-5,13,26H,6-10,21-22H2,1-3H3/b16-15-. The minimum absolute atomic E-state index is 0.193. The number of rotatable bonds is 6. The van der Waals surface area contributed by atoms with E-state index in [-0.39, 0.29) is 25.4 Å². The van der Waals surface area contributed by atoms with Crippen LogP contribution >= 0.6 is 0 Å². The maximum atomic E-state index is 14.1. The predicted octanol–water partition coefficient (Wildman–Crippen LogP) is 0.445. The first-order valence-corrected chi connectivity index (χ1v) is 8.80. The van der Waals surface area contributed by atoms with E-state index in [1.54, 1.807) is 26.1 Å².